The molecular formula is C15H30O6Si. The zero-order valence-electron chi connectivity index (χ0n) is 14.9. The minimum absolute atomic E-state index is 0.199. The topological polar surface area (TPSA) is 82.1 Å². The third-order valence-corrected chi connectivity index (χ3v) is 10.3. The number of aliphatic hydroxyl groups excluding tert-OH is 1. The van der Waals surface area contributed by atoms with E-state index in [2.05, 4.69) is 4.74 Å². The van der Waals surface area contributed by atoms with Crippen LogP contribution in [0.4, 0.5) is 0 Å². The van der Waals surface area contributed by atoms with Crippen LogP contribution in [0.2, 0.25) is 16.6 Å². The van der Waals surface area contributed by atoms with E-state index >= 15 is 0 Å². The lowest BCUT2D eigenvalue weighted by molar-refractivity contribution is -0.168. The number of carbonyl (C=O) groups is 2. The summed E-state index contributed by atoms with van der Waals surface area (Å²) in [4.78, 5) is 23.7. The van der Waals surface area contributed by atoms with Gasteiger partial charge in [0.15, 0.2) is 12.2 Å². The molecule has 0 aliphatic heterocycles. The highest BCUT2D eigenvalue weighted by Crippen LogP contribution is 2.43. The number of esters is 2. The van der Waals surface area contributed by atoms with E-state index in [1.165, 1.54) is 7.11 Å². The lowest BCUT2D eigenvalue weighted by atomic mass is 10.2. The number of carbonyl (C=O) groups excluding carboxylic acids is 2. The summed E-state index contributed by atoms with van der Waals surface area (Å²) in [7, 11) is -0.109. The van der Waals surface area contributed by atoms with Crippen molar-refractivity contribution in [2.75, 3.05) is 14.2 Å². The molecule has 130 valence electrons. The maximum atomic E-state index is 12.0. The van der Waals surface area contributed by atoms with Gasteiger partial charge in [-0.1, -0.05) is 41.5 Å². The van der Waals surface area contributed by atoms with Gasteiger partial charge in [-0.25, -0.2) is 9.59 Å². The SMILES string of the molecule is COC(=O)[C@H](O)[C@@H](O[Si](C(C)C)(C(C)C)C(C)C)C(=O)OC. The second-order valence-electron chi connectivity index (χ2n) is 6.35. The average Bonchev–Trinajstić information content (AvgIpc) is 2.44. The third kappa shape index (κ3) is 4.30. The number of methoxy groups -OCH3 is 2. The van der Waals surface area contributed by atoms with E-state index in [0.29, 0.717) is 0 Å². The first-order chi connectivity index (χ1) is 10.1. The van der Waals surface area contributed by atoms with E-state index in [-0.39, 0.29) is 16.6 Å². The molecule has 0 aromatic carbocycles. The summed E-state index contributed by atoms with van der Waals surface area (Å²) in [6.07, 6.45) is -3.06. The van der Waals surface area contributed by atoms with E-state index < -0.39 is 32.5 Å². The summed E-state index contributed by atoms with van der Waals surface area (Å²) in [5.41, 5.74) is 0.596. The lowest BCUT2D eigenvalue weighted by Crippen LogP contribution is -2.56. The molecule has 0 aliphatic carbocycles. The van der Waals surface area contributed by atoms with E-state index in [1.54, 1.807) is 0 Å². The van der Waals surface area contributed by atoms with Crippen molar-refractivity contribution in [1.82, 2.24) is 0 Å². The third-order valence-electron chi connectivity index (χ3n) is 4.20. The van der Waals surface area contributed by atoms with E-state index in [9.17, 15) is 14.7 Å². The summed E-state index contributed by atoms with van der Waals surface area (Å²) in [5, 5.41) is 10.1. The highest BCUT2D eigenvalue weighted by Gasteiger charge is 2.50. The minimum atomic E-state index is -2.46. The van der Waals surface area contributed by atoms with Gasteiger partial charge in [0.2, 0.25) is 8.32 Å². The van der Waals surface area contributed by atoms with Crippen LogP contribution in [0, 0.1) is 0 Å². The van der Waals surface area contributed by atoms with Crippen LogP contribution in [-0.2, 0) is 23.5 Å². The van der Waals surface area contributed by atoms with Gasteiger partial charge in [0, 0.05) is 0 Å². The van der Waals surface area contributed by atoms with Crippen LogP contribution < -0.4 is 0 Å². The van der Waals surface area contributed by atoms with Gasteiger partial charge in [-0.15, -0.1) is 0 Å². The fraction of sp³-hybridized carbons (Fsp3) is 0.867. The van der Waals surface area contributed by atoms with Crippen molar-refractivity contribution in [2.24, 2.45) is 0 Å². The Morgan fingerprint density at radius 1 is 0.818 bits per heavy atom. The molecule has 0 aromatic heterocycles. The first-order valence-corrected chi connectivity index (χ1v) is 9.71. The van der Waals surface area contributed by atoms with Gasteiger partial charge < -0.3 is 19.0 Å². The molecule has 6 nitrogen and oxygen atoms in total. The summed E-state index contributed by atoms with van der Waals surface area (Å²) in [6, 6.07) is 0. The molecule has 0 fully saturated rings. The van der Waals surface area contributed by atoms with Crippen LogP contribution in [0.25, 0.3) is 0 Å². The summed E-state index contributed by atoms with van der Waals surface area (Å²) in [6.45, 7) is 12.3. The summed E-state index contributed by atoms with van der Waals surface area (Å²) < 4.78 is 15.4. The predicted molar refractivity (Wildman–Crippen MR) is 86.0 cm³/mol. The van der Waals surface area contributed by atoms with Crippen LogP contribution in [0.15, 0.2) is 0 Å². The molecule has 0 saturated carbocycles. The van der Waals surface area contributed by atoms with Crippen molar-refractivity contribution in [2.45, 2.75) is 70.4 Å². The van der Waals surface area contributed by atoms with Crippen molar-refractivity contribution >= 4 is 20.3 Å². The van der Waals surface area contributed by atoms with Gasteiger partial charge >= 0.3 is 11.9 Å². The Morgan fingerprint density at radius 3 is 1.45 bits per heavy atom. The molecule has 2 atom stereocenters. The van der Waals surface area contributed by atoms with Gasteiger partial charge in [-0.3, -0.25) is 0 Å². The van der Waals surface area contributed by atoms with Crippen molar-refractivity contribution in [3.8, 4) is 0 Å². The monoisotopic (exact) mass is 334 g/mol. The molecule has 1 N–H and O–H groups in total. The summed E-state index contributed by atoms with van der Waals surface area (Å²) >= 11 is 0. The first-order valence-electron chi connectivity index (χ1n) is 7.57. The molecular weight excluding hydrogens is 304 g/mol. The Bertz CT molecular complexity index is 358. The summed E-state index contributed by atoms with van der Waals surface area (Å²) in [5.74, 6) is -1.67. The average molecular weight is 334 g/mol. The molecule has 0 amide bonds. The fourth-order valence-electron chi connectivity index (χ4n) is 3.23. The number of rotatable bonds is 8. The quantitative estimate of drug-likeness (QED) is 0.541. The van der Waals surface area contributed by atoms with E-state index in [0.717, 1.165) is 7.11 Å². The maximum Gasteiger partial charge on any atom is 0.338 e. The largest absolute Gasteiger partial charge is 0.467 e. The van der Waals surface area contributed by atoms with Crippen LogP contribution in [-0.4, -0.2) is 51.8 Å². The van der Waals surface area contributed by atoms with Crippen LogP contribution in [0.5, 0.6) is 0 Å². The highest BCUT2D eigenvalue weighted by atomic mass is 28.4. The van der Waals surface area contributed by atoms with E-state index in [4.69, 9.17) is 9.16 Å². The molecule has 7 heteroatoms. The Morgan fingerprint density at radius 2 is 1.18 bits per heavy atom. The Hall–Kier alpha value is -0.923. The molecule has 0 spiro atoms. The molecule has 22 heavy (non-hydrogen) atoms. The maximum absolute atomic E-state index is 12.0. The standard InChI is InChI=1S/C15H30O6Si/c1-9(2)22(10(3)4,11(5)6)21-13(15(18)20-8)12(16)14(17)19-7/h9-13,16H,1-8H3/t12-,13-/m1/s1. The molecule has 0 bridgehead atoms. The van der Waals surface area contributed by atoms with Crippen LogP contribution >= 0.6 is 0 Å². The normalized spacial score (nSPS) is 15.1. The number of hydrogen-bond acceptors (Lipinski definition) is 6. The number of ether oxygens (including phenoxy) is 2. The van der Waals surface area contributed by atoms with Crippen molar-refractivity contribution in [3.63, 3.8) is 0 Å². The van der Waals surface area contributed by atoms with Crippen molar-refractivity contribution in [1.29, 1.82) is 0 Å². The Balaban J connectivity index is 5.75. The second-order valence-corrected chi connectivity index (χ2v) is 11.8. The van der Waals surface area contributed by atoms with Gasteiger partial charge in [0.1, 0.15) is 0 Å². The van der Waals surface area contributed by atoms with Crippen molar-refractivity contribution in [3.05, 3.63) is 0 Å². The van der Waals surface area contributed by atoms with Gasteiger partial charge in [-0.2, -0.15) is 0 Å². The predicted octanol–water partition coefficient (Wildman–Crippen LogP) is 2.25. The second kappa shape index (κ2) is 8.64. The zero-order chi connectivity index (χ0) is 17.7. The van der Waals surface area contributed by atoms with Gasteiger partial charge in [-0.05, 0) is 16.6 Å². The number of hydrogen-bond donors (Lipinski definition) is 1. The zero-order valence-corrected chi connectivity index (χ0v) is 15.9. The molecule has 0 aromatic rings. The van der Waals surface area contributed by atoms with Gasteiger partial charge in [0.05, 0.1) is 14.2 Å². The minimum Gasteiger partial charge on any atom is -0.467 e. The molecule has 0 rings (SSSR count). The lowest BCUT2D eigenvalue weighted by Gasteiger charge is -2.44. The molecule has 0 heterocycles. The van der Waals surface area contributed by atoms with Crippen LogP contribution in [0.3, 0.4) is 0 Å². The first kappa shape index (κ1) is 21.1. The fourth-order valence-corrected chi connectivity index (χ4v) is 8.71. The Kier molecular flexibility index (Phi) is 8.28. The van der Waals surface area contributed by atoms with Crippen LogP contribution in [0.1, 0.15) is 41.5 Å². The molecule has 0 saturated heterocycles. The van der Waals surface area contributed by atoms with E-state index in [1.807, 2.05) is 41.5 Å². The Labute approximate surface area is 134 Å². The molecule has 0 aliphatic rings. The van der Waals surface area contributed by atoms with Crippen molar-refractivity contribution < 1.29 is 28.6 Å². The van der Waals surface area contributed by atoms with Gasteiger partial charge in [0.25, 0.3) is 0 Å². The number of aliphatic hydroxyl groups is 1. The molecule has 0 radical (unpaired) electrons. The highest BCUT2D eigenvalue weighted by molar-refractivity contribution is 6.77. The smallest absolute Gasteiger partial charge is 0.338 e. The molecule has 0 unspecified atom stereocenters.